The number of aromatic nitrogens is 2. The molecule has 8 rings (SSSR count). The molecule has 2 unspecified atom stereocenters. The van der Waals surface area contributed by atoms with Gasteiger partial charge in [-0.2, -0.15) is 0 Å². The third kappa shape index (κ3) is 3.60. The number of para-hydroxylation sites is 3. The Balaban J connectivity index is 1.30. The standard InChI is InChI=1S/C37H28N4O6/c1-40-19-26(22-10-5-8-14-30(22)40)36(34(44)46-2)33(43)25-17-16-21(18-29(25)39-36)41-20-27(23-11-6-9-15-31(23)41)37(35(45)47-3)32(42)24-12-4-7-13-28(24)38-37/h4-20,38-39H,1-3H3. The van der Waals surface area contributed by atoms with Crippen LogP contribution < -0.4 is 10.6 Å². The Morgan fingerprint density at radius 1 is 0.638 bits per heavy atom. The number of benzene rings is 4. The number of hydrogen-bond acceptors (Lipinski definition) is 8. The number of esters is 2. The van der Waals surface area contributed by atoms with Gasteiger partial charge < -0.3 is 29.2 Å². The highest BCUT2D eigenvalue weighted by atomic mass is 16.5. The van der Waals surface area contributed by atoms with Gasteiger partial charge in [0, 0.05) is 75.0 Å². The second-order valence-corrected chi connectivity index (χ2v) is 11.8. The maximum atomic E-state index is 14.2. The average molecular weight is 625 g/mol. The molecule has 2 aliphatic heterocycles. The summed E-state index contributed by atoms with van der Waals surface area (Å²) in [7, 11) is 4.38. The van der Waals surface area contributed by atoms with Gasteiger partial charge in [-0.15, -0.1) is 0 Å². The van der Waals surface area contributed by atoms with Crippen molar-refractivity contribution in [1.82, 2.24) is 9.13 Å². The quantitative estimate of drug-likeness (QED) is 0.191. The van der Waals surface area contributed by atoms with Crippen molar-refractivity contribution in [1.29, 1.82) is 0 Å². The van der Waals surface area contributed by atoms with Gasteiger partial charge in [0.2, 0.25) is 22.6 Å². The first-order valence-electron chi connectivity index (χ1n) is 15.0. The van der Waals surface area contributed by atoms with Gasteiger partial charge in [0.15, 0.2) is 0 Å². The van der Waals surface area contributed by atoms with Gasteiger partial charge >= 0.3 is 11.9 Å². The molecule has 0 saturated heterocycles. The van der Waals surface area contributed by atoms with E-state index in [0.29, 0.717) is 50.2 Å². The van der Waals surface area contributed by atoms with Crippen molar-refractivity contribution >= 4 is 56.7 Å². The summed E-state index contributed by atoms with van der Waals surface area (Å²) in [6.07, 6.45) is 3.52. The molecule has 0 bridgehead atoms. The number of ether oxygens (including phenoxy) is 2. The number of Topliss-reactive ketones (excluding diaryl/α,β-unsaturated/α-hetero) is 2. The number of methoxy groups -OCH3 is 2. The molecule has 0 radical (unpaired) electrons. The SMILES string of the molecule is COC(=O)C1(c2cn(C)c3ccccc23)Nc2cc(-n3cc(C4(C(=O)OC)Nc5ccccc5C4=O)c4ccccc43)ccc2C1=O. The molecule has 10 heteroatoms. The molecule has 2 N–H and O–H groups in total. The number of nitrogens with one attached hydrogen (secondary N) is 2. The molecule has 0 spiro atoms. The zero-order valence-electron chi connectivity index (χ0n) is 25.7. The van der Waals surface area contributed by atoms with E-state index in [1.807, 2.05) is 64.7 Å². The summed E-state index contributed by atoms with van der Waals surface area (Å²) in [6, 6.07) is 27.2. The largest absolute Gasteiger partial charge is 0.467 e. The van der Waals surface area contributed by atoms with Crippen molar-refractivity contribution < 1.29 is 28.7 Å². The number of carbonyl (C=O) groups is 4. The Kier molecular flexibility index (Phi) is 5.98. The van der Waals surface area contributed by atoms with Gasteiger partial charge in [0.25, 0.3) is 0 Å². The van der Waals surface area contributed by atoms with Gasteiger partial charge in [-0.25, -0.2) is 9.59 Å². The molecule has 2 atom stereocenters. The summed E-state index contributed by atoms with van der Waals surface area (Å²) in [5, 5.41) is 7.85. The summed E-state index contributed by atoms with van der Waals surface area (Å²) in [5.41, 5.74) is 1.20. The van der Waals surface area contributed by atoms with E-state index >= 15 is 0 Å². The fourth-order valence-electron chi connectivity index (χ4n) is 7.22. The van der Waals surface area contributed by atoms with E-state index in [4.69, 9.17) is 9.47 Å². The lowest BCUT2D eigenvalue weighted by Gasteiger charge is -2.25. The first-order chi connectivity index (χ1) is 22.8. The van der Waals surface area contributed by atoms with Crippen LogP contribution in [0.15, 0.2) is 103 Å². The lowest BCUT2D eigenvalue weighted by molar-refractivity contribution is -0.145. The van der Waals surface area contributed by atoms with E-state index in [1.165, 1.54) is 14.2 Å². The van der Waals surface area contributed by atoms with Crippen LogP contribution in [0.3, 0.4) is 0 Å². The van der Waals surface area contributed by atoms with Gasteiger partial charge in [-0.05, 0) is 42.5 Å². The number of nitrogens with zero attached hydrogens (tertiary/aromatic N) is 2. The molecule has 0 fully saturated rings. The molecule has 47 heavy (non-hydrogen) atoms. The van der Waals surface area contributed by atoms with E-state index in [2.05, 4.69) is 10.6 Å². The molecule has 0 saturated carbocycles. The maximum Gasteiger partial charge on any atom is 0.344 e. The van der Waals surface area contributed by atoms with Crippen LogP contribution in [0, 0.1) is 0 Å². The minimum Gasteiger partial charge on any atom is -0.467 e. The topological polar surface area (TPSA) is 121 Å². The molecule has 0 amide bonds. The van der Waals surface area contributed by atoms with Crippen LogP contribution in [-0.2, 0) is 37.2 Å². The third-order valence-electron chi connectivity index (χ3n) is 9.42. The van der Waals surface area contributed by atoms with Crippen molar-refractivity contribution in [3.63, 3.8) is 0 Å². The number of anilines is 2. The van der Waals surface area contributed by atoms with Crippen LogP contribution >= 0.6 is 0 Å². The Hall–Kier alpha value is -6.16. The van der Waals surface area contributed by atoms with Crippen molar-refractivity contribution in [2.24, 2.45) is 7.05 Å². The fraction of sp³-hybridized carbons (Fsp3) is 0.135. The zero-order chi connectivity index (χ0) is 32.7. The summed E-state index contributed by atoms with van der Waals surface area (Å²) in [6.45, 7) is 0. The molecule has 2 aliphatic rings. The van der Waals surface area contributed by atoms with E-state index in [1.54, 1.807) is 54.9 Å². The van der Waals surface area contributed by atoms with Gasteiger partial charge in [-0.1, -0.05) is 48.5 Å². The minimum absolute atomic E-state index is 0.331. The summed E-state index contributed by atoms with van der Waals surface area (Å²) in [4.78, 5) is 55.4. The minimum atomic E-state index is -1.82. The second kappa shape index (κ2) is 9.92. The fourth-order valence-corrected chi connectivity index (χ4v) is 7.22. The third-order valence-corrected chi connectivity index (χ3v) is 9.42. The van der Waals surface area contributed by atoms with Crippen molar-refractivity contribution in [3.05, 3.63) is 126 Å². The molecule has 232 valence electrons. The second-order valence-electron chi connectivity index (χ2n) is 11.8. The van der Waals surface area contributed by atoms with Crippen LogP contribution in [0.4, 0.5) is 11.4 Å². The van der Waals surface area contributed by atoms with E-state index < -0.39 is 34.6 Å². The molecule has 2 aromatic heterocycles. The lowest BCUT2D eigenvalue weighted by Crippen LogP contribution is -2.47. The highest BCUT2D eigenvalue weighted by molar-refractivity contribution is 6.27. The molecule has 4 heterocycles. The van der Waals surface area contributed by atoms with Crippen LogP contribution in [0.1, 0.15) is 31.8 Å². The Morgan fingerprint density at radius 3 is 1.83 bits per heavy atom. The van der Waals surface area contributed by atoms with Crippen LogP contribution in [0.5, 0.6) is 0 Å². The molecule has 0 aliphatic carbocycles. The average Bonchev–Trinajstić information content (AvgIpc) is 3.83. The van der Waals surface area contributed by atoms with Gasteiger partial charge in [0.05, 0.1) is 19.7 Å². The van der Waals surface area contributed by atoms with Crippen molar-refractivity contribution in [2.45, 2.75) is 11.1 Å². The van der Waals surface area contributed by atoms with Gasteiger partial charge in [-0.3, -0.25) is 9.59 Å². The summed E-state index contributed by atoms with van der Waals surface area (Å²) in [5.74, 6) is -2.30. The number of hydrogen-bond donors (Lipinski definition) is 2. The van der Waals surface area contributed by atoms with E-state index in [-0.39, 0.29) is 0 Å². The van der Waals surface area contributed by atoms with E-state index in [0.717, 1.165) is 10.9 Å². The van der Waals surface area contributed by atoms with Crippen molar-refractivity contribution in [2.75, 3.05) is 24.9 Å². The van der Waals surface area contributed by atoms with Crippen LogP contribution in [0.25, 0.3) is 27.5 Å². The highest BCUT2D eigenvalue weighted by Crippen LogP contribution is 2.46. The normalized spacial score (nSPS) is 19.7. The Morgan fingerprint density at radius 2 is 1.17 bits per heavy atom. The smallest absolute Gasteiger partial charge is 0.344 e. The molecular weight excluding hydrogens is 596 g/mol. The monoisotopic (exact) mass is 624 g/mol. The first kappa shape index (κ1) is 28.3. The molecule has 4 aromatic carbocycles. The van der Waals surface area contributed by atoms with Gasteiger partial charge in [0.1, 0.15) is 0 Å². The predicted octanol–water partition coefficient (Wildman–Crippen LogP) is 5.48. The number of carbonyl (C=O) groups excluding carboxylic acids is 4. The molecule has 6 aromatic rings. The molecule has 10 nitrogen and oxygen atoms in total. The maximum absolute atomic E-state index is 14.2. The number of aryl methyl sites for hydroxylation is 1. The summed E-state index contributed by atoms with van der Waals surface area (Å²) < 4.78 is 14.2. The van der Waals surface area contributed by atoms with Crippen LogP contribution in [0.2, 0.25) is 0 Å². The number of rotatable bonds is 5. The zero-order valence-corrected chi connectivity index (χ0v) is 25.7. The Labute approximate surface area is 268 Å². The van der Waals surface area contributed by atoms with Crippen LogP contribution in [-0.4, -0.2) is 46.9 Å². The summed E-state index contributed by atoms with van der Waals surface area (Å²) >= 11 is 0. The first-order valence-corrected chi connectivity index (χ1v) is 15.0. The predicted molar refractivity (Wildman–Crippen MR) is 176 cm³/mol. The molecular formula is C37H28N4O6. The Bertz CT molecular complexity index is 2350. The highest BCUT2D eigenvalue weighted by Gasteiger charge is 2.57. The number of fused-ring (bicyclic) bond motifs is 4. The van der Waals surface area contributed by atoms with E-state index in [9.17, 15) is 19.2 Å². The lowest BCUT2D eigenvalue weighted by atomic mass is 9.85. The number of ketones is 2. The van der Waals surface area contributed by atoms with Crippen molar-refractivity contribution in [3.8, 4) is 5.69 Å².